The molecule has 0 amide bonds. The Bertz CT molecular complexity index is 296. The van der Waals surface area contributed by atoms with Crippen molar-refractivity contribution >= 4 is 28.6 Å². The van der Waals surface area contributed by atoms with Crippen LogP contribution in [0.1, 0.15) is 23.8 Å². The molecule has 0 atom stereocenters. The number of carboxylic acids is 1. The lowest BCUT2D eigenvalue weighted by Gasteiger charge is -1.93. The van der Waals surface area contributed by atoms with E-state index in [1.807, 2.05) is 29.5 Å². The number of hydrogen-bond acceptors (Lipinski definition) is 2. The molecule has 0 fully saturated rings. The fourth-order valence-corrected chi connectivity index (χ4v) is 1.55. The Kier molecular flexibility index (Phi) is 3.07. The first-order valence-corrected chi connectivity index (χ1v) is 4.69. The van der Waals surface area contributed by atoms with Crippen LogP contribution in [-0.2, 0) is 6.54 Å². The number of nitrogens with zero attached hydrogens (tertiary/aromatic N) is 2. The number of carboxylic acid groups (broad SMARTS) is 1. The zero-order valence-electron chi connectivity index (χ0n) is 6.62. The van der Waals surface area contributed by atoms with E-state index >= 15 is 0 Å². The van der Waals surface area contributed by atoms with Gasteiger partial charge in [0, 0.05) is 12.7 Å². The zero-order chi connectivity index (χ0) is 9.14. The van der Waals surface area contributed by atoms with Crippen molar-refractivity contribution in [2.24, 2.45) is 0 Å². The summed E-state index contributed by atoms with van der Waals surface area (Å²) in [7, 11) is 0. The fraction of sp³-hybridized carbons (Fsp3) is 0.429. The van der Waals surface area contributed by atoms with Gasteiger partial charge in [0.1, 0.15) is 0 Å². The Morgan fingerprint density at radius 2 is 2.50 bits per heavy atom. The summed E-state index contributed by atoms with van der Waals surface area (Å²) in [4.78, 5) is 10.6. The van der Waals surface area contributed by atoms with Gasteiger partial charge in [0.25, 0.3) is 0 Å². The molecule has 0 unspecified atom stereocenters. The normalized spacial score (nSPS) is 10.2. The van der Waals surface area contributed by atoms with Gasteiger partial charge < -0.3 is 5.11 Å². The lowest BCUT2D eigenvalue weighted by atomic mass is 10.4. The van der Waals surface area contributed by atoms with Crippen molar-refractivity contribution < 1.29 is 9.90 Å². The van der Waals surface area contributed by atoms with Gasteiger partial charge in [-0.05, 0) is 29.0 Å². The van der Waals surface area contributed by atoms with Gasteiger partial charge in [-0.25, -0.2) is 4.79 Å². The summed E-state index contributed by atoms with van der Waals surface area (Å²) in [6.45, 7) is 2.79. The molecule has 0 radical (unpaired) electrons. The third kappa shape index (κ3) is 1.96. The number of aryl methyl sites for hydroxylation is 1. The van der Waals surface area contributed by atoms with E-state index in [9.17, 15) is 4.79 Å². The Hall–Kier alpha value is -0.590. The average molecular weight is 280 g/mol. The Labute approximate surface area is 83.7 Å². The van der Waals surface area contributed by atoms with Crippen molar-refractivity contribution in [2.75, 3.05) is 0 Å². The molecule has 66 valence electrons. The van der Waals surface area contributed by atoms with Crippen molar-refractivity contribution in [1.82, 2.24) is 9.78 Å². The number of aromatic carboxylic acids is 1. The van der Waals surface area contributed by atoms with Crippen molar-refractivity contribution in [2.45, 2.75) is 19.9 Å². The van der Waals surface area contributed by atoms with Gasteiger partial charge in [0.15, 0.2) is 5.69 Å². The summed E-state index contributed by atoms with van der Waals surface area (Å²) in [6, 6.07) is 0. The van der Waals surface area contributed by atoms with E-state index in [4.69, 9.17) is 5.11 Å². The Morgan fingerprint density at radius 1 is 1.83 bits per heavy atom. The lowest BCUT2D eigenvalue weighted by molar-refractivity contribution is 0.0688. The fourth-order valence-electron chi connectivity index (χ4n) is 0.886. The van der Waals surface area contributed by atoms with E-state index in [0.717, 1.165) is 13.0 Å². The third-order valence-electron chi connectivity index (χ3n) is 1.37. The van der Waals surface area contributed by atoms with Crippen molar-refractivity contribution in [3.05, 3.63) is 15.5 Å². The Morgan fingerprint density at radius 3 is 2.92 bits per heavy atom. The molecule has 0 aliphatic carbocycles. The molecule has 0 aliphatic rings. The van der Waals surface area contributed by atoms with Gasteiger partial charge in [-0.15, -0.1) is 0 Å². The molecule has 1 aromatic heterocycles. The molecule has 0 bridgehead atoms. The van der Waals surface area contributed by atoms with Crippen molar-refractivity contribution in [3.8, 4) is 0 Å². The highest BCUT2D eigenvalue weighted by Gasteiger charge is 2.12. The minimum atomic E-state index is -0.964. The molecule has 4 nitrogen and oxygen atoms in total. The van der Waals surface area contributed by atoms with Gasteiger partial charge in [0.2, 0.25) is 0 Å². The monoisotopic (exact) mass is 280 g/mol. The van der Waals surface area contributed by atoms with Gasteiger partial charge in [-0.1, -0.05) is 6.92 Å². The first kappa shape index (κ1) is 9.50. The van der Waals surface area contributed by atoms with E-state index < -0.39 is 5.97 Å². The maximum atomic E-state index is 10.6. The van der Waals surface area contributed by atoms with Crippen molar-refractivity contribution in [3.63, 3.8) is 0 Å². The molecule has 0 aromatic carbocycles. The van der Waals surface area contributed by atoms with E-state index in [1.165, 1.54) is 0 Å². The van der Waals surface area contributed by atoms with E-state index in [-0.39, 0.29) is 5.69 Å². The van der Waals surface area contributed by atoms with E-state index in [0.29, 0.717) is 3.57 Å². The van der Waals surface area contributed by atoms with Crippen LogP contribution in [-0.4, -0.2) is 20.9 Å². The molecule has 1 N–H and O–H groups in total. The van der Waals surface area contributed by atoms with Crippen LogP contribution in [0.15, 0.2) is 6.20 Å². The van der Waals surface area contributed by atoms with Crippen LogP contribution < -0.4 is 0 Å². The van der Waals surface area contributed by atoms with Gasteiger partial charge in [-0.2, -0.15) is 5.10 Å². The molecule has 0 aliphatic heterocycles. The second-order valence-corrected chi connectivity index (χ2v) is 3.56. The number of halogens is 1. The van der Waals surface area contributed by atoms with Crippen molar-refractivity contribution in [1.29, 1.82) is 0 Å². The maximum absolute atomic E-state index is 10.6. The summed E-state index contributed by atoms with van der Waals surface area (Å²) in [6.07, 6.45) is 2.70. The molecule has 1 rings (SSSR count). The predicted octanol–water partition coefficient (Wildman–Crippen LogP) is 1.60. The van der Waals surface area contributed by atoms with Crippen LogP contribution in [0.2, 0.25) is 0 Å². The number of rotatable bonds is 3. The molecule has 12 heavy (non-hydrogen) atoms. The molecular formula is C7H9IN2O2. The summed E-state index contributed by atoms with van der Waals surface area (Å²) in [5.74, 6) is -0.964. The quantitative estimate of drug-likeness (QED) is 0.855. The highest BCUT2D eigenvalue weighted by molar-refractivity contribution is 14.1. The molecule has 1 aromatic rings. The first-order valence-electron chi connectivity index (χ1n) is 3.61. The van der Waals surface area contributed by atoms with Crippen LogP contribution in [0.5, 0.6) is 0 Å². The molecule has 0 saturated heterocycles. The zero-order valence-corrected chi connectivity index (χ0v) is 8.78. The highest BCUT2D eigenvalue weighted by atomic mass is 127. The van der Waals surface area contributed by atoms with Crippen LogP contribution in [0, 0.1) is 3.57 Å². The summed E-state index contributed by atoms with van der Waals surface area (Å²) in [5, 5.41) is 12.6. The van der Waals surface area contributed by atoms with Crippen LogP contribution in [0.3, 0.4) is 0 Å². The molecule has 1 heterocycles. The van der Waals surface area contributed by atoms with Crippen LogP contribution in [0.4, 0.5) is 0 Å². The number of aromatic nitrogens is 2. The summed E-state index contributed by atoms with van der Waals surface area (Å²) >= 11 is 1.97. The predicted molar refractivity (Wildman–Crippen MR) is 52.2 cm³/mol. The number of hydrogen-bond donors (Lipinski definition) is 1. The van der Waals surface area contributed by atoms with Gasteiger partial charge in [-0.3, -0.25) is 4.68 Å². The second kappa shape index (κ2) is 3.88. The van der Waals surface area contributed by atoms with E-state index in [1.54, 1.807) is 10.9 Å². The van der Waals surface area contributed by atoms with Crippen LogP contribution >= 0.6 is 22.6 Å². The summed E-state index contributed by atoms with van der Waals surface area (Å²) in [5.41, 5.74) is 0.143. The molecule has 0 spiro atoms. The average Bonchev–Trinajstić information content (AvgIpc) is 2.32. The number of carbonyl (C=O) groups is 1. The summed E-state index contributed by atoms with van der Waals surface area (Å²) < 4.78 is 2.35. The minimum absolute atomic E-state index is 0.143. The topological polar surface area (TPSA) is 55.1 Å². The third-order valence-corrected chi connectivity index (χ3v) is 2.16. The van der Waals surface area contributed by atoms with E-state index in [2.05, 4.69) is 5.10 Å². The largest absolute Gasteiger partial charge is 0.476 e. The van der Waals surface area contributed by atoms with Gasteiger partial charge in [0.05, 0.1) is 3.57 Å². The SMILES string of the molecule is CCCn1cc(I)c(C(=O)O)n1. The van der Waals surface area contributed by atoms with Crippen LogP contribution in [0.25, 0.3) is 0 Å². The molecular weight excluding hydrogens is 271 g/mol. The maximum Gasteiger partial charge on any atom is 0.357 e. The molecule has 5 heteroatoms. The second-order valence-electron chi connectivity index (χ2n) is 2.39. The Balaban J connectivity index is 2.92. The highest BCUT2D eigenvalue weighted by Crippen LogP contribution is 2.09. The van der Waals surface area contributed by atoms with Gasteiger partial charge >= 0.3 is 5.97 Å². The first-order chi connectivity index (χ1) is 5.65. The molecule has 0 saturated carbocycles. The lowest BCUT2D eigenvalue weighted by Crippen LogP contribution is -2.02. The smallest absolute Gasteiger partial charge is 0.357 e. The minimum Gasteiger partial charge on any atom is -0.476 e. The standard InChI is InChI=1S/C7H9IN2O2/c1-2-3-10-4-5(8)6(9-10)7(11)12/h4H,2-3H2,1H3,(H,11,12).